The van der Waals surface area contributed by atoms with E-state index in [2.05, 4.69) is 144 Å². The predicted molar refractivity (Wildman–Crippen MR) is 352 cm³/mol. The molecule has 0 spiro atoms. The van der Waals surface area contributed by atoms with Crippen molar-refractivity contribution in [1.29, 1.82) is 0 Å². The molecule has 416 valence electrons. The summed E-state index contributed by atoms with van der Waals surface area (Å²) < 4.78 is 11.9. The van der Waals surface area contributed by atoms with Gasteiger partial charge in [-0.2, -0.15) is 0 Å². The van der Waals surface area contributed by atoms with Crippen molar-refractivity contribution in [2.45, 2.75) is 69.2 Å². The van der Waals surface area contributed by atoms with Crippen LogP contribution < -0.4 is 5.32 Å². The highest BCUT2D eigenvalue weighted by Gasteiger charge is 2.49. The Morgan fingerprint density at radius 2 is 1.08 bits per heavy atom. The first kappa shape index (κ1) is 48.3. The van der Waals surface area contributed by atoms with E-state index in [4.69, 9.17) is 24.5 Å². The molecule has 0 amide bonds. The van der Waals surface area contributed by atoms with E-state index in [0.29, 0.717) is 38.3 Å². The van der Waals surface area contributed by atoms with Gasteiger partial charge in [-0.1, -0.05) is 60.7 Å². The summed E-state index contributed by atoms with van der Waals surface area (Å²) in [6.45, 7) is 11.1. The van der Waals surface area contributed by atoms with Gasteiger partial charge in [0.05, 0.1) is 53.0 Å². The number of likely N-dealkylation sites (N-methyl/N-ethyl adjacent to an activating group) is 1. The number of likely N-dealkylation sites (tertiary alicyclic amines) is 1. The van der Waals surface area contributed by atoms with Crippen LogP contribution in [0.2, 0.25) is 0 Å². The number of hydrogen-bond donors (Lipinski definition) is 2. The molecule has 9 heteroatoms. The number of aromatic amines is 1. The van der Waals surface area contributed by atoms with Crippen LogP contribution in [-0.2, 0) is 35.2 Å². The van der Waals surface area contributed by atoms with E-state index in [0.717, 1.165) is 137 Å². The molecule has 10 aliphatic rings. The summed E-state index contributed by atoms with van der Waals surface area (Å²) in [5.74, 6) is 1.62. The number of benzene rings is 7. The maximum absolute atomic E-state index is 5.96. The lowest BCUT2D eigenvalue weighted by molar-refractivity contribution is 0.160. The second-order valence-corrected chi connectivity index (χ2v) is 25.9. The van der Waals surface area contributed by atoms with Gasteiger partial charge in [-0.05, 0) is 238 Å². The van der Waals surface area contributed by atoms with Crippen molar-refractivity contribution in [3.8, 4) is 0 Å². The summed E-state index contributed by atoms with van der Waals surface area (Å²) in [5.41, 5.74) is 26.7. The minimum Gasteiger partial charge on any atom is -0.377 e. The van der Waals surface area contributed by atoms with Crippen LogP contribution >= 0.6 is 0 Å². The molecule has 2 N–H and O–H groups in total. The second kappa shape index (κ2) is 17.3. The molecule has 1 aromatic heterocycles. The molecule has 10 aromatic rings. The Labute approximate surface area is 497 Å². The third-order valence-corrected chi connectivity index (χ3v) is 21.5. The highest BCUT2D eigenvalue weighted by molar-refractivity contribution is 6.56. The molecule has 0 saturated carbocycles. The molecule has 1 fully saturated rings. The van der Waals surface area contributed by atoms with Crippen LogP contribution in [0.3, 0.4) is 0 Å². The van der Waals surface area contributed by atoms with Crippen LogP contribution in [0.25, 0.3) is 86.6 Å². The Morgan fingerprint density at radius 3 is 1.72 bits per heavy atom. The number of H-pyrrole nitrogens is 1. The summed E-state index contributed by atoms with van der Waals surface area (Å²) in [6, 6.07) is 25.1. The number of aromatic nitrogens is 1. The standard InChI is InChI=1S/C77H61N7O2/c1-5-27-85-29-7-9-46-51-17-21-55(79-51)59(56-22-18-52(80-56)47(10-8-30-86-28-6-2)54-20-24-58(82-54)69(57-23-19-53(46)81-57)77-78-25-26-83(77)3)38-11-13-39(14-12-38)76-66-49-36-45-34-43-32-41-16-15-40-31-42-33-44-35-48(50(66)37-84(76)4)67-68(49)73-65(45)63(43)71-61(41)60(40)70-62(42)64(44)72(67)75(73)74(70)71/h5-6,11-14,17-26,31-32,35-36,50,66,76,78-79H,1-2,7-10,15-16,27-30,33-34,37H2,3-4H3. The zero-order valence-corrected chi connectivity index (χ0v) is 48.4. The van der Waals surface area contributed by atoms with Crippen molar-refractivity contribution in [3.63, 3.8) is 0 Å². The van der Waals surface area contributed by atoms with Gasteiger partial charge in [0.25, 0.3) is 0 Å². The number of allylic oxidation sites excluding steroid dienone is 9. The summed E-state index contributed by atoms with van der Waals surface area (Å²) in [4.78, 5) is 25.3. The van der Waals surface area contributed by atoms with Crippen LogP contribution in [0.15, 0.2) is 184 Å². The zero-order valence-electron chi connectivity index (χ0n) is 48.4. The van der Waals surface area contributed by atoms with Gasteiger partial charge >= 0.3 is 0 Å². The highest BCUT2D eigenvalue weighted by Crippen LogP contribution is 2.67. The third-order valence-electron chi connectivity index (χ3n) is 21.5. The summed E-state index contributed by atoms with van der Waals surface area (Å²) in [6.07, 6.45) is 28.1. The van der Waals surface area contributed by atoms with Gasteiger partial charge in [0, 0.05) is 85.2 Å². The molecule has 20 rings (SSSR count). The summed E-state index contributed by atoms with van der Waals surface area (Å²) >= 11 is 0. The van der Waals surface area contributed by atoms with E-state index in [1.54, 1.807) is 120 Å². The van der Waals surface area contributed by atoms with Crippen molar-refractivity contribution >= 4 is 104 Å². The average Bonchev–Trinajstić information content (AvgIpc) is 1.46. The van der Waals surface area contributed by atoms with Gasteiger partial charge in [0.2, 0.25) is 0 Å². The molecule has 0 radical (unpaired) electrons. The zero-order chi connectivity index (χ0) is 56.5. The lowest BCUT2D eigenvalue weighted by Gasteiger charge is -2.32. The number of aryl methyl sites for hydroxylation is 2. The minimum atomic E-state index is 0.195. The first-order valence-electron chi connectivity index (χ1n) is 31.2. The van der Waals surface area contributed by atoms with Gasteiger partial charge in [0.15, 0.2) is 0 Å². The number of nitrogens with zero attached hydrogens (tertiary/aromatic N) is 5. The normalized spacial score (nSPS) is 22.0. The molecule has 3 unspecified atom stereocenters. The van der Waals surface area contributed by atoms with Crippen molar-refractivity contribution in [1.82, 2.24) is 20.1 Å². The molecule has 8 bridgehead atoms. The number of nitrogens with one attached hydrogen (secondary N) is 2. The van der Waals surface area contributed by atoms with E-state index < -0.39 is 0 Å². The monoisotopic (exact) mass is 1120 g/mol. The molecule has 3 atom stereocenters. The van der Waals surface area contributed by atoms with E-state index in [1.807, 2.05) is 24.6 Å². The second-order valence-electron chi connectivity index (χ2n) is 25.9. The number of rotatable bonds is 14. The van der Waals surface area contributed by atoms with Gasteiger partial charge in [-0.25, -0.2) is 15.0 Å². The quantitative estimate of drug-likeness (QED) is 0.0643. The van der Waals surface area contributed by atoms with Crippen LogP contribution in [0.4, 0.5) is 0 Å². The molecule has 1 saturated heterocycles. The minimum absolute atomic E-state index is 0.195. The first-order valence-corrected chi connectivity index (χ1v) is 31.2. The maximum atomic E-state index is 5.96. The molecule has 86 heavy (non-hydrogen) atoms. The van der Waals surface area contributed by atoms with Crippen LogP contribution in [0.5, 0.6) is 0 Å². The van der Waals surface area contributed by atoms with E-state index >= 15 is 0 Å². The average molecular weight is 1120 g/mol. The molecule has 9 aromatic carbocycles. The van der Waals surface area contributed by atoms with Crippen molar-refractivity contribution in [2.75, 3.05) is 47.1 Å². The smallest absolute Gasteiger partial charge is 0.121 e. The fourth-order valence-corrected chi connectivity index (χ4v) is 18.4. The largest absolute Gasteiger partial charge is 0.377 e. The van der Waals surface area contributed by atoms with Crippen LogP contribution in [0.1, 0.15) is 111 Å². The van der Waals surface area contributed by atoms with E-state index in [9.17, 15) is 0 Å². The van der Waals surface area contributed by atoms with E-state index in [-0.39, 0.29) is 6.04 Å². The van der Waals surface area contributed by atoms with Gasteiger partial charge in [0.1, 0.15) is 5.82 Å². The molecule has 9 nitrogen and oxygen atoms in total. The predicted octanol–water partition coefficient (Wildman–Crippen LogP) is 15.6. The van der Waals surface area contributed by atoms with Crippen molar-refractivity contribution < 1.29 is 9.47 Å². The fourth-order valence-electron chi connectivity index (χ4n) is 18.4. The number of fused-ring (bicyclic) bond motifs is 8. The Hall–Kier alpha value is -8.99. The summed E-state index contributed by atoms with van der Waals surface area (Å²) in [7, 11) is 4.46. The Bertz CT molecular complexity index is 5160. The number of hydrogen-bond acceptors (Lipinski definition) is 8. The third kappa shape index (κ3) is 6.17. The lowest BCUT2D eigenvalue weighted by Crippen LogP contribution is -2.23. The lowest BCUT2D eigenvalue weighted by atomic mass is 9.71. The Kier molecular flexibility index (Phi) is 9.74. The molecule has 7 heterocycles. The van der Waals surface area contributed by atoms with Crippen molar-refractivity contribution in [2.24, 2.45) is 15.0 Å². The Morgan fingerprint density at radius 1 is 0.547 bits per heavy atom. The topological polar surface area (TPSA) is 89.8 Å². The maximum Gasteiger partial charge on any atom is 0.121 e. The molecular formula is C77H61N7O2. The van der Waals surface area contributed by atoms with Crippen LogP contribution in [-0.4, -0.2) is 79.0 Å². The fraction of sp³-hybridized carbons (Fsp3) is 0.234. The van der Waals surface area contributed by atoms with Crippen LogP contribution in [0, 0.1) is 0 Å². The number of aliphatic imine (C=N–C) groups is 3. The van der Waals surface area contributed by atoms with Gasteiger partial charge < -0.3 is 24.7 Å². The Balaban J connectivity index is 0.743. The molecule has 4 aliphatic carbocycles. The SMILES string of the molecule is C=CCOCCCC1=C2C=CC(=N2)C(=C2NC=CN2C)C2=NC(=C(CCCOCC=C)c3ccc([nH]3)C(c3ccc(C4C5c6cc7c8c9c(cc%10c%11c%12c(cc%13c%14c%15c(cc(c%16c6c8c(c%15%16)c(c%12%14)c%119)C5CN4C)C%13)CC%10)C7)cc3)=C3C=CC1=N3)C=C2. The number of ether oxygens (including phenoxy) is 2. The first-order chi connectivity index (χ1) is 42.4. The molecule has 6 aliphatic heterocycles. The van der Waals surface area contributed by atoms with E-state index in [1.165, 1.54) is 5.56 Å². The van der Waals surface area contributed by atoms with Gasteiger partial charge in [-0.15, -0.1) is 13.2 Å². The molecular weight excluding hydrogens is 1050 g/mol. The summed E-state index contributed by atoms with van der Waals surface area (Å²) in [5, 5.41) is 25.8. The van der Waals surface area contributed by atoms with Gasteiger partial charge in [-0.3, -0.25) is 4.90 Å². The highest BCUT2D eigenvalue weighted by atomic mass is 16.5. The van der Waals surface area contributed by atoms with Crippen molar-refractivity contribution in [3.05, 3.63) is 236 Å².